The number of carbonyl (C=O) groups is 2. The number of allylic oxidation sites excluding steroid dienone is 5. The summed E-state index contributed by atoms with van der Waals surface area (Å²) in [6.07, 6.45) is 10.4. The van der Waals surface area contributed by atoms with E-state index in [2.05, 4.69) is 10.6 Å². The second-order valence-electron chi connectivity index (χ2n) is 3.80. The lowest BCUT2D eigenvalue weighted by Crippen LogP contribution is -2.50. The Balaban J connectivity index is 0.00000154. The third-order valence-electron chi connectivity index (χ3n) is 2.39. The predicted octanol–water partition coefficient (Wildman–Crippen LogP) is 2.44. The summed E-state index contributed by atoms with van der Waals surface area (Å²) in [7, 11) is 0. The summed E-state index contributed by atoms with van der Waals surface area (Å²) in [4.78, 5) is 22.6. The molecule has 1 rings (SSSR count). The van der Waals surface area contributed by atoms with E-state index in [1.54, 1.807) is 0 Å². The second-order valence-corrected chi connectivity index (χ2v) is 3.80. The van der Waals surface area contributed by atoms with E-state index in [0.29, 0.717) is 12.8 Å². The first-order valence-corrected chi connectivity index (χ1v) is 6.73. The van der Waals surface area contributed by atoms with Crippen LogP contribution in [0.1, 0.15) is 40.5 Å². The Morgan fingerprint density at radius 1 is 1.26 bits per heavy atom. The fourth-order valence-electron chi connectivity index (χ4n) is 1.56. The summed E-state index contributed by atoms with van der Waals surface area (Å²) in [6, 6.07) is -0.333. The Hall–Kier alpha value is -1.84. The molecule has 0 saturated carbocycles. The molecule has 0 aromatic heterocycles. The largest absolute Gasteiger partial charge is 0.374 e. The standard InChI is InChI=1S/C13H18N2O2.C2H6/c1-3-5-7-10(6-4-2)14-11-8-9-12(16)15-13(11)17;1-2/h3-7,11,14H,8-9H2,1-2H3,(H,15,16,17);1-2H3/b5-3-,6-4-,10-7+;. The highest BCUT2D eigenvalue weighted by Gasteiger charge is 2.26. The van der Waals surface area contributed by atoms with Gasteiger partial charge in [0, 0.05) is 12.1 Å². The van der Waals surface area contributed by atoms with Gasteiger partial charge in [0.05, 0.1) is 0 Å². The third kappa shape index (κ3) is 6.60. The zero-order valence-corrected chi connectivity index (χ0v) is 12.2. The van der Waals surface area contributed by atoms with Gasteiger partial charge in [-0.05, 0) is 32.4 Å². The summed E-state index contributed by atoms with van der Waals surface area (Å²) >= 11 is 0. The van der Waals surface area contributed by atoms with Crippen molar-refractivity contribution in [1.82, 2.24) is 10.6 Å². The maximum absolute atomic E-state index is 11.6. The van der Waals surface area contributed by atoms with Crippen molar-refractivity contribution in [1.29, 1.82) is 0 Å². The zero-order chi connectivity index (χ0) is 14.7. The van der Waals surface area contributed by atoms with Crippen LogP contribution >= 0.6 is 0 Å². The zero-order valence-electron chi connectivity index (χ0n) is 12.2. The fourth-order valence-corrected chi connectivity index (χ4v) is 1.56. The van der Waals surface area contributed by atoms with Gasteiger partial charge in [0.25, 0.3) is 0 Å². The van der Waals surface area contributed by atoms with E-state index in [1.807, 2.05) is 58.1 Å². The first-order chi connectivity index (χ1) is 9.17. The number of imide groups is 1. The molecule has 0 aliphatic carbocycles. The minimum atomic E-state index is -0.333. The lowest BCUT2D eigenvalue weighted by molar-refractivity contribution is -0.134. The highest BCUT2D eigenvalue weighted by Crippen LogP contribution is 2.07. The van der Waals surface area contributed by atoms with E-state index in [-0.39, 0.29) is 17.9 Å². The van der Waals surface area contributed by atoms with E-state index in [9.17, 15) is 9.59 Å². The molecule has 2 N–H and O–H groups in total. The summed E-state index contributed by atoms with van der Waals surface area (Å²) < 4.78 is 0. The minimum Gasteiger partial charge on any atom is -0.374 e. The first-order valence-electron chi connectivity index (χ1n) is 6.73. The lowest BCUT2D eigenvalue weighted by atomic mass is 10.1. The van der Waals surface area contributed by atoms with Crippen molar-refractivity contribution >= 4 is 11.8 Å². The van der Waals surface area contributed by atoms with Crippen LogP contribution in [0.3, 0.4) is 0 Å². The van der Waals surface area contributed by atoms with Crippen molar-refractivity contribution in [3.8, 4) is 0 Å². The number of rotatable bonds is 4. The highest BCUT2D eigenvalue weighted by molar-refractivity contribution is 6.00. The molecule has 0 aromatic carbocycles. The molecule has 1 aliphatic rings. The van der Waals surface area contributed by atoms with E-state index in [1.165, 1.54) is 0 Å². The maximum atomic E-state index is 11.6. The molecule has 4 heteroatoms. The van der Waals surface area contributed by atoms with Gasteiger partial charge in [0.1, 0.15) is 6.04 Å². The van der Waals surface area contributed by atoms with Gasteiger partial charge >= 0.3 is 0 Å². The molecule has 2 amide bonds. The molecule has 1 unspecified atom stereocenters. The van der Waals surface area contributed by atoms with E-state index < -0.39 is 0 Å². The van der Waals surface area contributed by atoms with Crippen LogP contribution in [0, 0.1) is 0 Å². The SMILES string of the molecule is CC.C\C=C/C=C(\C=C/C)NC1CCC(=O)NC1=O. The number of nitrogens with one attached hydrogen (secondary N) is 2. The topological polar surface area (TPSA) is 58.2 Å². The average Bonchev–Trinajstić information content (AvgIpc) is 2.41. The molecule has 0 spiro atoms. The smallest absolute Gasteiger partial charge is 0.249 e. The number of carbonyl (C=O) groups excluding carboxylic acids is 2. The van der Waals surface area contributed by atoms with Crippen molar-refractivity contribution < 1.29 is 9.59 Å². The molecule has 0 radical (unpaired) electrons. The Labute approximate surface area is 115 Å². The molecule has 1 saturated heterocycles. The van der Waals surface area contributed by atoms with Gasteiger partial charge in [-0.15, -0.1) is 0 Å². The molecular formula is C15H24N2O2. The van der Waals surface area contributed by atoms with Crippen LogP contribution in [-0.4, -0.2) is 17.9 Å². The monoisotopic (exact) mass is 264 g/mol. The molecule has 106 valence electrons. The van der Waals surface area contributed by atoms with Crippen LogP contribution in [-0.2, 0) is 9.59 Å². The molecule has 19 heavy (non-hydrogen) atoms. The van der Waals surface area contributed by atoms with Crippen molar-refractivity contribution in [3.05, 3.63) is 36.1 Å². The molecule has 1 heterocycles. The number of hydrogen-bond donors (Lipinski definition) is 2. The Kier molecular flexibility index (Phi) is 9.14. The average molecular weight is 264 g/mol. The summed E-state index contributed by atoms with van der Waals surface area (Å²) in [5.74, 6) is -0.449. The molecule has 1 fully saturated rings. The highest BCUT2D eigenvalue weighted by atomic mass is 16.2. The van der Waals surface area contributed by atoms with Crippen LogP contribution in [0.5, 0.6) is 0 Å². The fraction of sp³-hybridized carbons (Fsp3) is 0.467. The van der Waals surface area contributed by atoms with Crippen molar-refractivity contribution in [2.24, 2.45) is 0 Å². The Morgan fingerprint density at radius 2 is 1.95 bits per heavy atom. The van der Waals surface area contributed by atoms with Crippen LogP contribution < -0.4 is 10.6 Å². The number of piperidine rings is 1. The first kappa shape index (κ1) is 17.2. The summed E-state index contributed by atoms with van der Waals surface area (Å²) in [6.45, 7) is 7.84. The third-order valence-corrected chi connectivity index (χ3v) is 2.39. The van der Waals surface area contributed by atoms with E-state index in [0.717, 1.165) is 5.70 Å². The van der Waals surface area contributed by atoms with Gasteiger partial charge in [0.15, 0.2) is 0 Å². The van der Waals surface area contributed by atoms with Gasteiger partial charge in [0.2, 0.25) is 11.8 Å². The maximum Gasteiger partial charge on any atom is 0.249 e. The van der Waals surface area contributed by atoms with Gasteiger partial charge in [-0.2, -0.15) is 0 Å². The van der Waals surface area contributed by atoms with E-state index >= 15 is 0 Å². The van der Waals surface area contributed by atoms with Crippen LogP contribution in [0.15, 0.2) is 36.1 Å². The Bertz CT molecular complexity index is 382. The van der Waals surface area contributed by atoms with Crippen molar-refractivity contribution in [3.63, 3.8) is 0 Å². The van der Waals surface area contributed by atoms with Gasteiger partial charge in [-0.25, -0.2) is 0 Å². The van der Waals surface area contributed by atoms with Crippen LogP contribution in [0.4, 0.5) is 0 Å². The molecule has 4 nitrogen and oxygen atoms in total. The van der Waals surface area contributed by atoms with Crippen LogP contribution in [0.2, 0.25) is 0 Å². The minimum absolute atomic E-state index is 0.196. The number of amides is 2. The number of hydrogen-bond acceptors (Lipinski definition) is 3. The molecule has 0 bridgehead atoms. The summed E-state index contributed by atoms with van der Waals surface area (Å²) in [5, 5.41) is 5.44. The lowest BCUT2D eigenvalue weighted by Gasteiger charge is -2.23. The van der Waals surface area contributed by atoms with Gasteiger partial charge in [-0.3, -0.25) is 14.9 Å². The van der Waals surface area contributed by atoms with Crippen LogP contribution in [0.25, 0.3) is 0 Å². The van der Waals surface area contributed by atoms with Gasteiger partial charge in [-0.1, -0.05) is 32.1 Å². The molecule has 1 aliphatic heterocycles. The van der Waals surface area contributed by atoms with Gasteiger partial charge < -0.3 is 5.32 Å². The van der Waals surface area contributed by atoms with Crippen molar-refractivity contribution in [2.75, 3.05) is 0 Å². The quantitative estimate of drug-likeness (QED) is 0.605. The van der Waals surface area contributed by atoms with E-state index in [4.69, 9.17) is 0 Å². The molecule has 0 aromatic rings. The Morgan fingerprint density at radius 3 is 2.47 bits per heavy atom. The second kappa shape index (κ2) is 10.1. The molecular weight excluding hydrogens is 240 g/mol. The predicted molar refractivity (Wildman–Crippen MR) is 78.4 cm³/mol. The normalized spacial score (nSPS) is 20.2. The summed E-state index contributed by atoms with van der Waals surface area (Å²) in [5.41, 5.74) is 0.861. The van der Waals surface area contributed by atoms with Crippen molar-refractivity contribution in [2.45, 2.75) is 46.6 Å². The molecule has 1 atom stereocenters.